The van der Waals surface area contributed by atoms with Gasteiger partial charge in [0.2, 0.25) is 11.9 Å². The number of hydrazone groups is 1. The van der Waals surface area contributed by atoms with E-state index in [1.165, 1.54) is 24.4 Å². The summed E-state index contributed by atoms with van der Waals surface area (Å²) in [5.41, 5.74) is 3.62. The maximum atomic E-state index is 12.8. The summed E-state index contributed by atoms with van der Waals surface area (Å²) in [7, 11) is 0. The Labute approximate surface area is 169 Å². The molecule has 0 unspecified atom stereocenters. The number of rotatable bonds is 5. The first-order chi connectivity index (χ1) is 13.4. The van der Waals surface area contributed by atoms with Crippen LogP contribution in [-0.4, -0.2) is 30.0 Å². The highest BCUT2D eigenvalue weighted by Gasteiger charge is 2.28. The molecule has 0 spiro atoms. The number of nitrogens with zero attached hydrogens (tertiary/aromatic N) is 2. The van der Waals surface area contributed by atoms with E-state index < -0.39 is 17.9 Å². The molecular formula is C18H14Cl2FN5O2. The van der Waals surface area contributed by atoms with Crippen molar-refractivity contribution >= 4 is 52.9 Å². The summed E-state index contributed by atoms with van der Waals surface area (Å²) in [5, 5.41) is 9.75. The molecule has 2 aromatic rings. The maximum Gasteiger partial charge on any atom is 0.252 e. The van der Waals surface area contributed by atoms with Crippen molar-refractivity contribution in [2.24, 2.45) is 10.1 Å². The zero-order valence-electron chi connectivity index (χ0n) is 14.2. The van der Waals surface area contributed by atoms with Gasteiger partial charge < -0.3 is 5.32 Å². The van der Waals surface area contributed by atoms with Crippen LogP contribution in [0.1, 0.15) is 12.0 Å². The first-order valence-corrected chi connectivity index (χ1v) is 8.84. The van der Waals surface area contributed by atoms with Gasteiger partial charge in [-0.15, -0.1) is 0 Å². The van der Waals surface area contributed by atoms with Crippen LogP contribution in [0.25, 0.3) is 0 Å². The minimum atomic E-state index is -0.894. The minimum Gasteiger partial charge on any atom is -0.325 e. The molecule has 3 N–H and O–H groups in total. The average molecular weight is 422 g/mol. The van der Waals surface area contributed by atoms with Gasteiger partial charge in [-0.25, -0.2) is 14.8 Å². The van der Waals surface area contributed by atoms with Crippen LogP contribution in [-0.2, 0) is 9.59 Å². The molecule has 0 radical (unpaired) electrons. The Morgan fingerprint density at radius 3 is 2.71 bits per heavy atom. The Morgan fingerprint density at radius 2 is 2.00 bits per heavy atom. The number of anilines is 1. The Morgan fingerprint density at radius 1 is 1.25 bits per heavy atom. The van der Waals surface area contributed by atoms with Crippen molar-refractivity contribution in [2.75, 3.05) is 5.32 Å². The fourth-order valence-corrected chi connectivity index (χ4v) is 2.78. The van der Waals surface area contributed by atoms with Gasteiger partial charge in [-0.05, 0) is 35.9 Å². The first-order valence-electron chi connectivity index (χ1n) is 8.09. The molecule has 0 bridgehead atoms. The van der Waals surface area contributed by atoms with Gasteiger partial charge in [0, 0.05) is 5.02 Å². The van der Waals surface area contributed by atoms with Crippen LogP contribution in [0, 0.1) is 5.82 Å². The Balaban J connectivity index is 1.55. The number of amides is 2. The third-order valence-corrected chi connectivity index (χ3v) is 4.22. The summed E-state index contributed by atoms with van der Waals surface area (Å²) >= 11 is 11.8. The minimum absolute atomic E-state index is 0.116. The molecule has 2 amide bonds. The topological polar surface area (TPSA) is 94.9 Å². The Hall–Kier alpha value is -2.97. The second-order valence-corrected chi connectivity index (χ2v) is 6.62. The molecule has 0 fully saturated rings. The normalized spacial score (nSPS) is 16.0. The smallest absolute Gasteiger partial charge is 0.252 e. The zero-order valence-corrected chi connectivity index (χ0v) is 15.8. The summed E-state index contributed by atoms with van der Waals surface area (Å²) in [4.78, 5) is 28.2. The van der Waals surface area contributed by atoms with Crippen molar-refractivity contribution in [3.63, 3.8) is 0 Å². The van der Waals surface area contributed by atoms with Crippen LogP contribution in [0.15, 0.2) is 52.6 Å². The van der Waals surface area contributed by atoms with Gasteiger partial charge >= 0.3 is 0 Å². The Bertz CT molecular complexity index is 963. The highest BCUT2D eigenvalue weighted by atomic mass is 35.5. The number of aliphatic imine (C=N–C) groups is 1. The van der Waals surface area contributed by atoms with Crippen LogP contribution in [0.5, 0.6) is 0 Å². The first kappa shape index (κ1) is 19.8. The summed E-state index contributed by atoms with van der Waals surface area (Å²) in [6.07, 6.45) is 1.27. The number of nitrogens with one attached hydrogen (secondary N) is 3. The lowest BCUT2D eigenvalue weighted by Crippen LogP contribution is -2.35. The molecule has 0 aliphatic carbocycles. The van der Waals surface area contributed by atoms with Crippen molar-refractivity contribution in [2.45, 2.75) is 12.5 Å². The van der Waals surface area contributed by atoms with Crippen molar-refractivity contribution < 1.29 is 14.0 Å². The van der Waals surface area contributed by atoms with Gasteiger partial charge in [-0.1, -0.05) is 35.3 Å². The molecule has 10 heteroatoms. The second-order valence-electron chi connectivity index (χ2n) is 5.78. The number of halogens is 3. The quantitative estimate of drug-likeness (QED) is 0.511. The molecule has 2 aromatic carbocycles. The van der Waals surface area contributed by atoms with E-state index in [0.717, 1.165) is 0 Å². The molecule has 0 saturated heterocycles. The number of hydrogen-bond donors (Lipinski definition) is 3. The van der Waals surface area contributed by atoms with Crippen molar-refractivity contribution in [3.8, 4) is 0 Å². The standard InChI is InChI=1S/C18H14Cl2FN5O2/c19-11-3-6-14(13(20)7-11)23-16(27)8-15-17(28)25-18(24-15)26-22-9-10-1-4-12(21)5-2-10/h1-7,9,15H,8H2,(H,23,27)(H2,24,25,26,28)/b22-9-/t15-/m1/s1. The molecule has 0 saturated carbocycles. The number of benzene rings is 2. The van der Waals surface area contributed by atoms with E-state index in [4.69, 9.17) is 23.2 Å². The maximum absolute atomic E-state index is 12.8. The van der Waals surface area contributed by atoms with Crippen LogP contribution >= 0.6 is 23.2 Å². The fraction of sp³-hybridized carbons (Fsp3) is 0.111. The fourth-order valence-electron chi connectivity index (χ4n) is 2.33. The van der Waals surface area contributed by atoms with E-state index in [1.54, 1.807) is 24.3 Å². The summed E-state index contributed by atoms with van der Waals surface area (Å²) in [6, 6.07) is 9.46. The van der Waals surface area contributed by atoms with E-state index >= 15 is 0 Å². The van der Waals surface area contributed by atoms with Gasteiger partial charge in [0.05, 0.1) is 23.3 Å². The van der Waals surface area contributed by atoms with Crippen LogP contribution in [0.4, 0.5) is 10.1 Å². The van der Waals surface area contributed by atoms with Gasteiger partial charge in [0.15, 0.2) is 0 Å². The average Bonchev–Trinajstić information content (AvgIpc) is 2.98. The predicted octanol–water partition coefficient (Wildman–Crippen LogP) is 2.94. The number of carbonyl (C=O) groups excluding carboxylic acids is 2. The largest absolute Gasteiger partial charge is 0.325 e. The van der Waals surface area contributed by atoms with Crippen LogP contribution in [0.3, 0.4) is 0 Å². The molecule has 1 heterocycles. The highest BCUT2D eigenvalue weighted by molar-refractivity contribution is 6.36. The predicted molar refractivity (Wildman–Crippen MR) is 106 cm³/mol. The summed E-state index contributed by atoms with van der Waals surface area (Å²) in [6.45, 7) is 0. The monoisotopic (exact) mass is 421 g/mol. The molecule has 144 valence electrons. The van der Waals surface area contributed by atoms with Gasteiger partial charge in [0.1, 0.15) is 11.9 Å². The molecular weight excluding hydrogens is 408 g/mol. The third kappa shape index (κ3) is 5.28. The van der Waals surface area contributed by atoms with Gasteiger partial charge in [-0.2, -0.15) is 5.10 Å². The molecule has 1 aliphatic rings. The van der Waals surface area contributed by atoms with Gasteiger partial charge in [-0.3, -0.25) is 14.9 Å². The van der Waals surface area contributed by atoms with Crippen molar-refractivity contribution in [1.29, 1.82) is 0 Å². The van der Waals surface area contributed by atoms with Crippen LogP contribution < -0.4 is 16.1 Å². The van der Waals surface area contributed by atoms with E-state index in [-0.39, 0.29) is 23.2 Å². The van der Waals surface area contributed by atoms with E-state index in [2.05, 4.69) is 26.2 Å². The molecule has 28 heavy (non-hydrogen) atoms. The van der Waals surface area contributed by atoms with E-state index in [9.17, 15) is 14.0 Å². The molecule has 0 aromatic heterocycles. The van der Waals surface area contributed by atoms with E-state index in [0.29, 0.717) is 16.3 Å². The summed E-state index contributed by atoms with van der Waals surface area (Å²) in [5.74, 6) is -1.09. The molecule has 1 aliphatic heterocycles. The summed E-state index contributed by atoms with van der Waals surface area (Å²) < 4.78 is 12.8. The van der Waals surface area contributed by atoms with Crippen molar-refractivity contribution in [1.82, 2.24) is 10.7 Å². The third-order valence-electron chi connectivity index (χ3n) is 3.67. The molecule has 7 nitrogen and oxygen atoms in total. The lowest BCUT2D eigenvalue weighted by Gasteiger charge is -2.08. The zero-order chi connectivity index (χ0) is 20.1. The van der Waals surface area contributed by atoms with Crippen molar-refractivity contribution in [3.05, 3.63) is 63.9 Å². The highest BCUT2D eigenvalue weighted by Crippen LogP contribution is 2.25. The number of carbonyl (C=O) groups is 2. The Kier molecular flexibility index (Phi) is 6.23. The van der Waals surface area contributed by atoms with Crippen LogP contribution in [0.2, 0.25) is 10.0 Å². The van der Waals surface area contributed by atoms with Gasteiger partial charge in [0.25, 0.3) is 5.91 Å². The lowest BCUT2D eigenvalue weighted by atomic mass is 10.2. The second kappa shape index (κ2) is 8.81. The molecule has 1 atom stereocenters. The van der Waals surface area contributed by atoms with E-state index in [1.807, 2.05) is 0 Å². The molecule has 3 rings (SSSR count). The number of guanidine groups is 1. The SMILES string of the molecule is O=C(C[C@H]1N=C(N/N=C\c2ccc(F)cc2)NC1=O)Nc1ccc(Cl)cc1Cl. The lowest BCUT2D eigenvalue weighted by molar-refractivity contribution is -0.123. The number of hydrogen-bond acceptors (Lipinski definition) is 5.